The zero-order valence-electron chi connectivity index (χ0n) is 14.3. The van der Waals surface area contributed by atoms with Crippen molar-refractivity contribution in [2.75, 3.05) is 31.8 Å². The largest absolute Gasteiger partial charge is 0.493 e. The lowest BCUT2D eigenvalue weighted by molar-refractivity contribution is 0.0939. The van der Waals surface area contributed by atoms with Crippen LogP contribution in [0.1, 0.15) is 30.6 Å². The number of methoxy groups -OCH3 is 2. The van der Waals surface area contributed by atoms with Gasteiger partial charge in [-0.05, 0) is 19.4 Å². The monoisotopic (exact) mass is 344 g/mol. The van der Waals surface area contributed by atoms with Gasteiger partial charge in [-0.15, -0.1) is 0 Å². The fraction of sp³-hybridized carbons (Fsp3) is 0.533. The van der Waals surface area contributed by atoms with Gasteiger partial charge >= 0.3 is 0 Å². The fourth-order valence-electron chi connectivity index (χ4n) is 1.89. The van der Waals surface area contributed by atoms with Crippen LogP contribution < -0.4 is 19.1 Å². The molecule has 23 heavy (non-hydrogen) atoms. The van der Waals surface area contributed by atoms with Gasteiger partial charge in [0.2, 0.25) is 10.0 Å². The summed E-state index contributed by atoms with van der Waals surface area (Å²) in [7, 11) is 0.750. The number of rotatable bonds is 7. The van der Waals surface area contributed by atoms with Crippen molar-refractivity contribution in [1.29, 1.82) is 0 Å². The van der Waals surface area contributed by atoms with Crippen LogP contribution in [0.15, 0.2) is 12.1 Å². The maximum absolute atomic E-state index is 12.5. The van der Waals surface area contributed by atoms with Crippen molar-refractivity contribution in [3.05, 3.63) is 17.7 Å². The van der Waals surface area contributed by atoms with Gasteiger partial charge in [-0.25, -0.2) is 8.42 Å². The second kappa shape index (κ2) is 7.54. The van der Waals surface area contributed by atoms with Crippen LogP contribution >= 0.6 is 0 Å². The molecule has 7 nitrogen and oxygen atoms in total. The van der Waals surface area contributed by atoms with Gasteiger partial charge in [0.05, 0.1) is 31.7 Å². The van der Waals surface area contributed by atoms with Gasteiger partial charge in [0, 0.05) is 19.2 Å². The van der Waals surface area contributed by atoms with Gasteiger partial charge < -0.3 is 14.8 Å². The van der Waals surface area contributed by atoms with Crippen molar-refractivity contribution in [3.8, 4) is 11.5 Å². The Morgan fingerprint density at radius 1 is 1.26 bits per heavy atom. The molecule has 0 unspecified atom stereocenters. The van der Waals surface area contributed by atoms with Crippen molar-refractivity contribution in [2.45, 2.75) is 26.3 Å². The second-order valence-electron chi connectivity index (χ2n) is 5.24. The predicted molar refractivity (Wildman–Crippen MR) is 90.0 cm³/mol. The number of hydrogen-bond acceptors (Lipinski definition) is 5. The molecule has 0 fully saturated rings. The van der Waals surface area contributed by atoms with E-state index in [0.29, 0.717) is 11.5 Å². The van der Waals surface area contributed by atoms with Crippen molar-refractivity contribution < 1.29 is 22.7 Å². The number of carbonyl (C=O) groups excluding carboxylic acids is 1. The van der Waals surface area contributed by atoms with Crippen molar-refractivity contribution in [1.82, 2.24) is 5.32 Å². The number of sulfonamides is 1. The molecule has 0 saturated heterocycles. The van der Waals surface area contributed by atoms with Gasteiger partial charge in [-0.3, -0.25) is 9.10 Å². The number of carbonyl (C=O) groups is 1. The smallest absolute Gasteiger partial charge is 0.253 e. The molecule has 0 heterocycles. The summed E-state index contributed by atoms with van der Waals surface area (Å²) in [5, 5.41) is 2.82. The van der Waals surface area contributed by atoms with E-state index >= 15 is 0 Å². The van der Waals surface area contributed by atoms with E-state index in [2.05, 4.69) is 5.32 Å². The van der Waals surface area contributed by atoms with E-state index in [1.165, 1.54) is 33.4 Å². The van der Waals surface area contributed by atoms with Gasteiger partial charge in [-0.2, -0.15) is 0 Å². The molecule has 0 spiro atoms. The molecule has 130 valence electrons. The minimum Gasteiger partial charge on any atom is -0.493 e. The molecule has 1 aromatic rings. The molecule has 8 heteroatoms. The molecule has 1 N–H and O–H groups in total. The lowest BCUT2D eigenvalue weighted by atomic mass is 10.1. The quantitative estimate of drug-likeness (QED) is 0.812. The van der Waals surface area contributed by atoms with Gasteiger partial charge in [-0.1, -0.05) is 6.92 Å². The molecule has 0 aliphatic carbocycles. The van der Waals surface area contributed by atoms with Gasteiger partial charge in [0.15, 0.2) is 11.5 Å². The number of benzene rings is 1. The summed E-state index contributed by atoms with van der Waals surface area (Å²) in [4.78, 5) is 12.5. The molecule has 1 aromatic carbocycles. The van der Waals surface area contributed by atoms with Crippen LogP contribution in [-0.2, 0) is 10.0 Å². The third-order valence-electron chi connectivity index (χ3n) is 3.57. The summed E-state index contributed by atoms with van der Waals surface area (Å²) in [6, 6.07) is 2.92. The van der Waals surface area contributed by atoms with Crippen LogP contribution in [0.5, 0.6) is 11.5 Å². The van der Waals surface area contributed by atoms with Crippen LogP contribution in [-0.4, -0.2) is 47.9 Å². The number of hydrogen-bond donors (Lipinski definition) is 1. The zero-order valence-corrected chi connectivity index (χ0v) is 15.2. The minimum absolute atomic E-state index is 0.0352. The molecule has 1 rings (SSSR count). The molecule has 0 aliphatic heterocycles. The molecule has 0 saturated carbocycles. The Labute approximate surface area is 137 Å². The number of anilines is 1. The summed E-state index contributed by atoms with van der Waals surface area (Å²) in [5.41, 5.74) is 0.432. The van der Waals surface area contributed by atoms with Gasteiger partial charge in [0.1, 0.15) is 0 Å². The SMILES string of the molecule is CC[C@@H](C)NC(=O)c1cc(OC)c(OC)cc1N(C)S(C)(=O)=O. The molecule has 0 bridgehead atoms. The van der Waals surface area contributed by atoms with Crippen molar-refractivity contribution in [2.24, 2.45) is 0 Å². The summed E-state index contributed by atoms with van der Waals surface area (Å²) >= 11 is 0. The van der Waals surface area contributed by atoms with Crippen LogP contribution in [0.3, 0.4) is 0 Å². The van der Waals surface area contributed by atoms with E-state index in [-0.39, 0.29) is 23.2 Å². The summed E-state index contributed by atoms with van der Waals surface area (Å²) in [5.74, 6) is 0.330. The van der Waals surface area contributed by atoms with Gasteiger partial charge in [0.25, 0.3) is 5.91 Å². The average Bonchev–Trinajstić information content (AvgIpc) is 2.51. The lowest BCUT2D eigenvalue weighted by Gasteiger charge is -2.22. The first-order chi connectivity index (χ1) is 10.6. The Hall–Kier alpha value is -1.96. The molecule has 1 atom stereocenters. The predicted octanol–water partition coefficient (Wildman–Crippen LogP) is 1.63. The number of nitrogens with one attached hydrogen (secondary N) is 1. The van der Waals surface area contributed by atoms with E-state index in [1.807, 2.05) is 13.8 Å². The Morgan fingerprint density at radius 2 is 1.78 bits per heavy atom. The minimum atomic E-state index is -3.53. The van der Waals surface area contributed by atoms with Crippen LogP contribution in [0.4, 0.5) is 5.69 Å². The summed E-state index contributed by atoms with van der Waals surface area (Å²) in [6.45, 7) is 3.82. The van der Waals surface area contributed by atoms with E-state index in [1.54, 1.807) is 0 Å². The van der Waals surface area contributed by atoms with E-state index in [0.717, 1.165) is 17.0 Å². The molecule has 0 radical (unpaired) electrons. The van der Waals surface area contributed by atoms with Crippen molar-refractivity contribution >= 4 is 21.6 Å². The highest BCUT2D eigenvalue weighted by Crippen LogP contribution is 2.35. The first-order valence-corrected chi connectivity index (χ1v) is 9.01. The van der Waals surface area contributed by atoms with Crippen molar-refractivity contribution in [3.63, 3.8) is 0 Å². The van der Waals surface area contributed by atoms with Crippen LogP contribution in [0.25, 0.3) is 0 Å². The Morgan fingerprint density at radius 3 is 2.22 bits per heavy atom. The molecular formula is C15H24N2O5S. The summed E-state index contributed by atoms with van der Waals surface area (Å²) < 4.78 is 35.2. The first-order valence-electron chi connectivity index (χ1n) is 7.16. The Kier molecular flexibility index (Phi) is 6.26. The second-order valence-corrected chi connectivity index (χ2v) is 7.25. The van der Waals surface area contributed by atoms with E-state index in [4.69, 9.17) is 9.47 Å². The fourth-order valence-corrected chi connectivity index (χ4v) is 2.40. The van der Waals surface area contributed by atoms with E-state index < -0.39 is 10.0 Å². The highest BCUT2D eigenvalue weighted by molar-refractivity contribution is 7.92. The first kappa shape index (κ1) is 19.1. The van der Waals surface area contributed by atoms with E-state index in [9.17, 15) is 13.2 Å². The molecule has 0 aromatic heterocycles. The standard InChI is InChI=1S/C15H24N2O5S/c1-7-10(2)16-15(18)11-8-13(21-4)14(22-5)9-12(11)17(3)23(6,19)20/h8-10H,7H2,1-6H3,(H,16,18)/t10-/m1/s1. The maximum Gasteiger partial charge on any atom is 0.253 e. The highest BCUT2D eigenvalue weighted by atomic mass is 32.2. The number of nitrogens with zero attached hydrogens (tertiary/aromatic N) is 1. The van der Waals surface area contributed by atoms with Crippen LogP contribution in [0, 0.1) is 0 Å². The normalized spacial score (nSPS) is 12.4. The molecule has 1 amide bonds. The molecule has 0 aliphatic rings. The summed E-state index contributed by atoms with van der Waals surface area (Å²) in [6.07, 6.45) is 1.83. The Balaban J connectivity index is 3.48. The highest BCUT2D eigenvalue weighted by Gasteiger charge is 2.24. The average molecular weight is 344 g/mol. The topological polar surface area (TPSA) is 84.9 Å². The third-order valence-corrected chi connectivity index (χ3v) is 4.76. The number of ether oxygens (including phenoxy) is 2. The third kappa shape index (κ3) is 4.51. The number of amides is 1. The molecular weight excluding hydrogens is 320 g/mol. The maximum atomic E-state index is 12.5. The zero-order chi connectivity index (χ0) is 17.8. The Bertz CT molecular complexity index is 673. The lowest BCUT2D eigenvalue weighted by Crippen LogP contribution is -2.34. The van der Waals surface area contributed by atoms with Crippen LogP contribution in [0.2, 0.25) is 0 Å².